The fraction of sp³-hybridized carbons (Fsp3) is 0.588. The fourth-order valence-electron chi connectivity index (χ4n) is 2.49. The van der Waals surface area contributed by atoms with Gasteiger partial charge in [0.2, 0.25) is 0 Å². The molecule has 0 unspecified atom stereocenters. The Hall–Kier alpha value is -1.75. The average Bonchev–Trinajstić information content (AvgIpc) is 2.55. The van der Waals surface area contributed by atoms with E-state index in [1.807, 2.05) is 13.0 Å². The lowest BCUT2D eigenvalue weighted by Crippen LogP contribution is -2.45. The Morgan fingerprint density at radius 1 is 1.32 bits per heavy atom. The van der Waals surface area contributed by atoms with E-state index in [1.54, 1.807) is 12.1 Å². The first-order valence-electron chi connectivity index (χ1n) is 8.15. The molecule has 122 valence electrons. The number of piperidine rings is 1. The molecule has 0 aromatic heterocycles. The lowest BCUT2D eigenvalue weighted by atomic mass is 10.1. The van der Waals surface area contributed by atoms with Gasteiger partial charge in [0.25, 0.3) is 5.91 Å². The van der Waals surface area contributed by atoms with E-state index in [0.29, 0.717) is 30.3 Å². The number of hydrogen-bond donors (Lipinski definition) is 2. The van der Waals surface area contributed by atoms with Gasteiger partial charge in [-0.25, -0.2) is 0 Å². The van der Waals surface area contributed by atoms with Crippen LogP contribution in [-0.2, 0) is 0 Å². The van der Waals surface area contributed by atoms with Crippen LogP contribution in [0.25, 0.3) is 0 Å². The van der Waals surface area contributed by atoms with Crippen LogP contribution in [0, 0.1) is 0 Å². The summed E-state index contributed by atoms with van der Waals surface area (Å²) < 4.78 is 11.3. The molecule has 1 amide bonds. The maximum Gasteiger partial charge on any atom is 0.251 e. The van der Waals surface area contributed by atoms with Gasteiger partial charge in [0, 0.05) is 18.2 Å². The summed E-state index contributed by atoms with van der Waals surface area (Å²) in [5, 5.41) is 6.37. The molecular weight excluding hydrogens is 280 g/mol. The third kappa shape index (κ3) is 4.63. The number of hydrogen-bond acceptors (Lipinski definition) is 4. The number of carbonyl (C=O) groups is 1. The zero-order valence-electron chi connectivity index (χ0n) is 13.5. The number of ether oxygens (including phenoxy) is 2. The quantitative estimate of drug-likeness (QED) is 0.812. The molecule has 0 radical (unpaired) electrons. The van der Waals surface area contributed by atoms with Crippen LogP contribution in [0.4, 0.5) is 0 Å². The summed E-state index contributed by atoms with van der Waals surface area (Å²) in [4.78, 5) is 12.4. The van der Waals surface area contributed by atoms with E-state index in [9.17, 15) is 4.79 Å². The maximum atomic E-state index is 12.4. The molecule has 1 heterocycles. The number of amides is 1. The zero-order valence-corrected chi connectivity index (χ0v) is 13.5. The van der Waals surface area contributed by atoms with Crippen molar-refractivity contribution in [1.29, 1.82) is 0 Å². The minimum Gasteiger partial charge on any atom is -0.490 e. The summed E-state index contributed by atoms with van der Waals surface area (Å²) in [6.45, 7) is 7.02. The van der Waals surface area contributed by atoms with Gasteiger partial charge in [0.05, 0.1) is 13.2 Å². The van der Waals surface area contributed by atoms with Gasteiger partial charge in [-0.1, -0.05) is 6.92 Å². The van der Waals surface area contributed by atoms with Gasteiger partial charge in [-0.2, -0.15) is 0 Å². The number of carbonyl (C=O) groups excluding carboxylic acids is 1. The third-order valence-electron chi connectivity index (χ3n) is 3.60. The van der Waals surface area contributed by atoms with Crippen LogP contribution >= 0.6 is 0 Å². The zero-order chi connectivity index (χ0) is 15.8. The molecule has 5 heteroatoms. The van der Waals surface area contributed by atoms with Crippen LogP contribution in [-0.4, -0.2) is 38.3 Å². The Bertz CT molecular complexity index is 485. The highest BCUT2D eigenvalue weighted by Gasteiger charge is 2.17. The van der Waals surface area contributed by atoms with E-state index >= 15 is 0 Å². The molecule has 0 spiro atoms. The van der Waals surface area contributed by atoms with Crippen molar-refractivity contribution in [2.75, 3.05) is 26.3 Å². The van der Waals surface area contributed by atoms with Crippen LogP contribution in [0.15, 0.2) is 18.2 Å². The van der Waals surface area contributed by atoms with E-state index in [2.05, 4.69) is 17.6 Å². The van der Waals surface area contributed by atoms with E-state index < -0.39 is 0 Å². The molecule has 0 aliphatic carbocycles. The molecular formula is C17H26N2O3. The molecule has 2 N–H and O–H groups in total. The molecule has 22 heavy (non-hydrogen) atoms. The number of nitrogens with one attached hydrogen (secondary N) is 2. The first-order chi connectivity index (χ1) is 10.7. The van der Waals surface area contributed by atoms with Gasteiger partial charge in [-0.15, -0.1) is 0 Å². The van der Waals surface area contributed by atoms with E-state index in [1.165, 1.54) is 0 Å². The molecule has 1 aliphatic rings. The van der Waals surface area contributed by atoms with Crippen molar-refractivity contribution < 1.29 is 14.3 Å². The molecule has 1 aromatic carbocycles. The Kier molecular flexibility index (Phi) is 6.52. The summed E-state index contributed by atoms with van der Waals surface area (Å²) in [5.41, 5.74) is 0.609. The van der Waals surface area contributed by atoms with Gasteiger partial charge in [-0.05, 0) is 50.9 Å². The second kappa shape index (κ2) is 8.63. The standard InChI is InChI=1S/C17H26N2O3/c1-3-10-22-15-8-7-13(11-16(15)21-4-2)17(20)19-14-6-5-9-18-12-14/h7-8,11,14,18H,3-6,9-10,12H2,1-2H3,(H,19,20)/t14-/m0/s1. The van der Waals surface area contributed by atoms with E-state index in [-0.39, 0.29) is 11.9 Å². The van der Waals surface area contributed by atoms with Crippen molar-refractivity contribution in [1.82, 2.24) is 10.6 Å². The van der Waals surface area contributed by atoms with E-state index in [4.69, 9.17) is 9.47 Å². The van der Waals surface area contributed by atoms with Crippen molar-refractivity contribution in [3.05, 3.63) is 23.8 Å². The van der Waals surface area contributed by atoms with Crippen molar-refractivity contribution in [3.63, 3.8) is 0 Å². The van der Waals surface area contributed by atoms with Crippen molar-refractivity contribution >= 4 is 5.91 Å². The molecule has 0 bridgehead atoms. The van der Waals surface area contributed by atoms with Gasteiger partial charge < -0.3 is 20.1 Å². The molecule has 2 rings (SSSR count). The van der Waals surface area contributed by atoms with Crippen molar-refractivity contribution in [3.8, 4) is 11.5 Å². The summed E-state index contributed by atoms with van der Waals surface area (Å²) in [6, 6.07) is 5.57. The normalized spacial score (nSPS) is 17.8. The predicted octanol–water partition coefficient (Wildman–Crippen LogP) is 2.36. The lowest BCUT2D eigenvalue weighted by Gasteiger charge is -2.24. The van der Waals surface area contributed by atoms with Crippen LogP contribution < -0.4 is 20.1 Å². The summed E-state index contributed by atoms with van der Waals surface area (Å²) >= 11 is 0. The molecule has 1 fully saturated rings. The Balaban J connectivity index is 2.05. The molecule has 5 nitrogen and oxygen atoms in total. The topological polar surface area (TPSA) is 59.6 Å². The van der Waals surface area contributed by atoms with Crippen molar-refractivity contribution in [2.24, 2.45) is 0 Å². The second-order valence-corrected chi connectivity index (χ2v) is 5.46. The minimum absolute atomic E-state index is 0.0586. The van der Waals surface area contributed by atoms with Gasteiger partial charge >= 0.3 is 0 Å². The predicted molar refractivity (Wildman–Crippen MR) is 86.8 cm³/mol. The maximum absolute atomic E-state index is 12.4. The SMILES string of the molecule is CCCOc1ccc(C(=O)N[C@H]2CCCNC2)cc1OCC. The van der Waals surface area contributed by atoms with Crippen LogP contribution in [0.5, 0.6) is 11.5 Å². The third-order valence-corrected chi connectivity index (χ3v) is 3.60. The summed E-state index contributed by atoms with van der Waals surface area (Å²) in [6.07, 6.45) is 3.05. The van der Waals surface area contributed by atoms with E-state index in [0.717, 1.165) is 32.4 Å². The number of benzene rings is 1. The molecule has 1 aliphatic heterocycles. The first-order valence-corrected chi connectivity index (χ1v) is 8.15. The van der Waals surface area contributed by atoms with Gasteiger partial charge in [0.1, 0.15) is 0 Å². The van der Waals surface area contributed by atoms with Crippen LogP contribution in [0.2, 0.25) is 0 Å². The van der Waals surface area contributed by atoms with Crippen LogP contribution in [0.3, 0.4) is 0 Å². The van der Waals surface area contributed by atoms with Crippen molar-refractivity contribution in [2.45, 2.75) is 39.2 Å². The highest BCUT2D eigenvalue weighted by Crippen LogP contribution is 2.28. The molecule has 0 saturated carbocycles. The van der Waals surface area contributed by atoms with Gasteiger partial charge in [-0.3, -0.25) is 4.79 Å². The monoisotopic (exact) mass is 306 g/mol. The summed E-state index contributed by atoms with van der Waals surface area (Å²) in [5.74, 6) is 1.27. The molecule has 1 atom stereocenters. The fourth-order valence-corrected chi connectivity index (χ4v) is 2.49. The largest absolute Gasteiger partial charge is 0.490 e. The highest BCUT2D eigenvalue weighted by atomic mass is 16.5. The Labute approximate surface area is 132 Å². The Morgan fingerprint density at radius 3 is 2.86 bits per heavy atom. The average molecular weight is 306 g/mol. The summed E-state index contributed by atoms with van der Waals surface area (Å²) in [7, 11) is 0. The first kappa shape index (κ1) is 16.6. The highest BCUT2D eigenvalue weighted by molar-refractivity contribution is 5.95. The smallest absolute Gasteiger partial charge is 0.251 e. The Morgan fingerprint density at radius 2 is 2.18 bits per heavy atom. The molecule has 1 saturated heterocycles. The minimum atomic E-state index is -0.0586. The van der Waals surface area contributed by atoms with Crippen LogP contribution in [0.1, 0.15) is 43.5 Å². The molecule has 1 aromatic rings. The number of rotatable bonds is 7. The van der Waals surface area contributed by atoms with Gasteiger partial charge in [0.15, 0.2) is 11.5 Å². The second-order valence-electron chi connectivity index (χ2n) is 5.46. The lowest BCUT2D eigenvalue weighted by molar-refractivity contribution is 0.0930.